The predicted octanol–water partition coefficient (Wildman–Crippen LogP) is 6.27. The van der Waals surface area contributed by atoms with Gasteiger partial charge in [0.2, 0.25) is 5.91 Å². The van der Waals surface area contributed by atoms with Crippen molar-refractivity contribution < 1.29 is 14.3 Å². The third kappa shape index (κ3) is 5.87. The van der Waals surface area contributed by atoms with Gasteiger partial charge in [0.25, 0.3) is 5.91 Å². The SMILES string of the molecule is CCC(Sc1cccc(NC(=O)c2ccc(OC)cc2)c1)C(=O)Nc1sc2c(c1C#N)CCCC2. The van der Waals surface area contributed by atoms with Crippen LogP contribution in [0.15, 0.2) is 53.4 Å². The number of nitrogens with one attached hydrogen (secondary N) is 2. The maximum Gasteiger partial charge on any atom is 0.255 e. The van der Waals surface area contributed by atoms with E-state index in [2.05, 4.69) is 16.7 Å². The molecule has 1 atom stereocenters. The maximum atomic E-state index is 13.1. The summed E-state index contributed by atoms with van der Waals surface area (Å²) in [6.45, 7) is 1.97. The van der Waals surface area contributed by atoms with Crippen LogP contribution in [0.5, 0.6) is 5.75 Å². The number of carbonyl (C=O) groups is 2. The fraction of sp³-hybridized carbons (Fsp3) is 0.296. The Balaban J connectivity index is 1.43. The Morgan fingerprint density at radius 2 is 1.91 bits per heavy atom. The second-order valence-corrected chi connectivity index (χ2v) is 10.6. The Morgan fingerprint density at radius 1 is 1.14 bits per heavy atom. The van der Waals surface area contributed by atoms with Crippen molar-refractivity contribution in [3.8, 4) is 11.8 Å². The molecule has 6 nitrogen and oxygen atoms in total. The Kier molecular flexibility index (Phi) is 8.11. The lowest BCUT2D eigenvalue weighted by Crippen LogP contribution is -2.24. The van der Waals surface area contributed by atoms with Crippen molar-refractivity contribution in [2.24, 2.45) is 0 Å². The highest BCUT2D eigenvalue weighted by Crippen LogP contribution is 2.38. The molecule has 3 aromatic rings. The van der Waals surface area contributed by atoms with Gasteiger partial charge in [0, 0.05) is 21.0 Å². The fourth-order valence-corrected chi connectivity index (χ4v) is 6.30. The Morgan fingerprint density at radius 3 is 2.63 bits per heavy atom. The van der Waals surface area contributed by atoms with E-state index in [1.807, 2.05) is 31.2 Å². The molecule has 1 aromatic heterocycles. The minimum absolute atomic E-state index is 0.111. The summed E-state index contributed by atoms with van der Waals surface area (Å²) in [6, 6.07) is 16.7. The summed E-state index contributed by atoms with van der Waals surface area (Å²) in [5.41, 5.74) is 2.92. The van der Waals surface area contributed by atoms with Crippen molar-refractivity contribution in [3.63, 3.8) is 0 Å². The number of hydrogen-bond acceptors (Lipinski definition) is 6. The number of fused-ring (bicyclic) bond motifs is 1. The predicted molar refractivity (Wildman–Crippen MR) is 142 cm³/mol. The molecule has 1 aliphatic rings. The van der Waals surface area contributed by atoms with Gasteiger partial charge in [0.1, 0.15) is 16.8 Å². The van der Waals surface area contributed by atoms with Crippen molar-refractivity contribution in [1.29, 1.82) is 5.26 Å². The van der Waals surface area contributed by atoms with E-state index < -0.39 is 0 Å². The molecule has 35 heavy (non-hydrogen) atoms. The first-order chi connectivity index (χ1) is 17.0. The van der Waals surface area contributed by atoms with Gasteiger partial charge < -0.3 is 15.4 Å². The van der Waals surface area contributed by atoms with Crippen molar-refractivity contribution >= 4 is 45.6 Å². The summed E-state index contributed by atoms with van der Waals surface area (Å²) < 4.78 is 5.14. The zero-order valence-corrected chi connectivity index (χ0v) is 21.4. The van der Waals surface area contributed by atoms with Gasteiger partial charge >= 0.3 is 0 Å². The third-order valence-corrected chi connectivity index (χ3v) is 8.47. The van der Waals surface area contributed by atoms with Gasteiger partial charge in [-0.15, -0.1) is 23.1 Å². The molecular weight excluding hydrogens is 478 g/mol. The molecule has 180 valence electrons. The van der Waals surface area contributed by atoms with E-state index in [0.29, 0.717) is 34.0 Å². The van der Waals surface area contributed by atoms with Gasteiger partial charge in [-0.25, -0.2) is 0 Å². The first-order valence-corrected chi connectivity index (χ1v) is 13.3. The highest BCUT2D eigenvalue weighted by molar-refractivity contribution is 8.00. The number of rotatable bonds is 8. The number of amides is 2. The van der Waals surface area contributed by atoms with Crippen LogP contribution >= 0.6 is 23.1 Å². The number of hydrogen-bond donors (Lipinski definition) is 2. The molecule has 0 fully saturated rings. The molecule has 0 spiro atoms. The lowest BCUT2D eigenvalue weighted by molar-refractivity contribution is -0.115. The average molecular weight is 506 g/mol. The van der Waals surface area contributed by atoms with Gasteiger partial charge in [-0.05, 0) is 80.1 Å². The van der Waals surface area contributed by atoms with Crippen LogP contribution < -0.4 is 15.4 Å². The molecule has 0 bridgehead atoms. The first-order valence-electron chi connectivity index (χ1n) is 11.6. The molecule has 1 heterocycles. The third-order valence-electron chi connectivity index (χ3n) is 5.91. The summed E-state index contributed by atoms with van der Waals surface area (Å²) >= 11 is 2.99. The topological polar surface area (TPSA) is 91.2 Å². The number of nitrogens with zero attached hydrogens (tertiary/aromatic N) is 1. The number of methoxy groups -OCH3 is 1. The summed E-state index contributed by atoms with van der Waals surface area (Å²) in [5, 5.41) is 16.0. The zero-order valence-electron chi connectivity index (χ0n) is 19.7. The van der Waals surface area contributed by atoms with Gasteiger partial charge in [-0.3, -0.25) is 9.59 Å². The van der Waals surface area contributed by atoms with E-state index >= 15 is 0 Å². The highest BCUT2D eigenvalue weighted by atomic mass is 32.2. The van der Waals surface area contributed by atoms with E-state index in [1.54, 1.807) is 31.4 Å². The van der Waals surface area contributed by atoms with Crippen LogP contribution in [0.1, 0.15) is 52.5 Å². The van der Waals surface area contributed by atoms with Crippen molar-refractivity contribution in [1.82, 2.24) is 0 Å². The van der Waals surface area contributed by atoms with Crippen molar-refractivity contribution in [2.75, 3.05) is 17.7 Å². The highest BCUT2D eigenvalue weighted by Gasteiger charge is 2.25. The smallest absolute Gasteiger partial charge is 0.255 e. The molecule has 2 amide bonds. The minimum Gasteiger partial charge on any atom is -0.497 e. The number of anilines is 2. The van der Waals surface area contributed by atoms with E-state index in [9.17, 15) is 14.9 Å². The molecule has 2 N–H and O–H groups in total. The van der Waals surface area contributed by atoms with E-state index in [4.69, 9.17) is 4.74 Å². The van der Waals surface area contributed by atoms with E-state index in [0.717, 1.165) is 36.1 Å². The maximum absolute atomic E-state index is 13.1. The molecule has 1 unspecified atom stereocenters. The summed E-state index contributed by atoms with van der Waals surface area (Å²) in [4.78, 5) is 27.8. The number of thioether (sulfide) groups is 1. The minimum atomic E-state index is -0.326. The fourth-order valence-electron chi connectivity index (χ4n) is 4.04. The van der Waals surface area contributed by atoms with E-state index in [-0.39, 0.29) is 17.1 Å². The van der Waals surface area contributed by atoms with Crippen LogP contribution in [0.4, 0.5) is 10.7 Å². The molecule has 1 aliphatic carbocycles. The van der Waals surface area contributed by atoms with Crippen LogP contribution in [-0.4, -0.2) is 24.2 Å². The lowest BCUT2D eigenvalue weighted by atomic mass is 9.96. The summed E-state index contributed by atoms with van der Waals surface area (Å²) in [6.07, 6.45) is 4.73. The lowest BCUT2D eigenvalue weighted by Gasteiger charge is -2.15. The standard InChI is InChI=1S/C27H27N3O3S2/c1-3-23(26(32)30-27-22(16-28)21-9-4-5-10-24(21)35-27)34-20-8-6-7-18(15-20)29-25(31)17-11-13-19(33-2)14-12-17/h6-8,11-15,23H,3-5,9-10H2,1-2H3,(H,29,31)(H,30,32). The Hall–Kier alpha value is -3.28. The zero-order chi connectivity index (χ0) is 24.8. The van der Waals surface area contributed by atoms with Crippen LogP contribution in [-0.2, 0) is 17.6 Å². The summed E-state index contributed by atoms with van der Waals surface area (Å²) in [5.74, 6) is 0.360. The molecule has 2 aromatic carbocycles. The molecular formula is C27H27N3O3S2. The largest absolute Gasteiger partial charge is 0.497 e. The van der Waals surface area contributed by atoms with Crippen LogP contribution in [0.2, 0.25) is 0 Å². The van der Waals surface area contributed by atoms with Crippen LogP contribution in [0.25, 0.3) is 0 Å². The average Bonchev–Trinajstić information content (AvgIpc) is 3.24. The normalized spacial score (nSPS) is 13.3. The number of nitriles is 1. The molecule has 8 heteroatoms. The number of thiophene rings is 1. The Bertz CT molecular complexity index is 1260. The van der Waals surface area contributed by atoms with Crippen molar-refractivity contribution in [3.05, 3.63) is 70.1 Å². The quantitative estimate of drug-likeness (QED) is 0.352. The van der Waals surface area contributed by atoms with E-state index in [1.165, 1.54) is 28.0 Å². The molecule has 4 rings (SSSR count). The number of benzene rings is 2. The van der Waals surface area contributed by atoms with Crippen LogP contribution in [0.3, 0.4) is 0 Å². The van der Waals surface area contributed by atoms with Gasteiger partial charge in [-0.2, -0.15) is 5.26 Å². The van der Waals surface area contributed by atoms with Crippen molar-refractivity contribution in [2.45, 2.75) is 49.2 Å². The van der Waals surface area contributed by atoms with Gasteiger partial charge in [-0.1, -0.05) is 13.0 Å². The molecule has 0 radical (unpaired) electrons. The number of ether oxygens (including phenoxy) is 1. The summed E-state index contributed by atoms with van der Waals surface area (Å²) in [7, 11) is 1.58. The van der Waals surface area contributed by atoms with Gasteiger partial charge in [0.05, 0.1) is 17.9 Å². The Labute approximate surface area is 213 Å². The second kappa shape index (κ2) is 11.4. The number of aryl methyl sites for hydroxylation is 1. The first kappa shape index (κ1) is 24.8. The van der Waals surface area contributed by atoms with Crippen LogP contribution in [0, 0.1) is 11.3 Å². The van der Waals surface area contributed by atoms with Gasteiger partial charge in [0.15, 0.2) is 0 Å². The second-order valence-electron chi connectivity index (χ2n) is 8.24. The molecule has 0 saturated heterocycles. The number of carbonyl (C=O) groups excluding carboxylic acids is 2. The monoisotopic (exact) mass is 505 g/mol. The molecule has 0 saturated carbocycles. The molecule has 0 aliphatic heterocycles.